The van der Waals surface area contributed by atoms with Crippen molar-refractivity contribution in [1.29, 1.82) is 0 Å². The molecule has 3 aromatic rings. The number of aryl methyl sites for hydroxylation is 1. The van der Waals surface area contributed by atoms with E-state index in [4.69, 9.17) is 4.74 Å². The number of amides is 1. The van der Waals surface area contributed by atoms with Crippen molar-refractivity contribution in [2.24, 2.45) is 11.8 Å². The fourth-order valence-electron chi connectivity index (χ4n) is 5.72. The van der Waals surface area contributed by atoms with Crippen LogP contribution in [0.4, 0.5) is 0 Å². The lowest BCUT2D eigenvalue weighted by Crippen LogP contribution is -2.51. The summed E-state index contributed by atoms with van der Waals surface area (Å²) in [4.78, 5) is 24.8. The standard InChI is InChI=1S/C33H42NO5P/c1-39-33(36)31(29-15-9-4-10-16-29)34-32(35)30(24-40(37,38)22-21-25-11-5-2-6-12-25)23-26-17-19-28(20-18-26)27-13-7-3-8-14-27/h2-3,5-8,11-14,17-20,29-31,33,36H,4,9-10,15-16,21-24H2,1H3,(H,34,35)(H,37,38). The molecule has 3 N–H and O–H groups in total. The molecular weight excluding hydrogens is 521 g/mol. The molecule has 0 aromatic heterocycles. The predicted octanol–water partition coefficient (Wildman–Crippen LogP) is 6.06. The average Bonchev–Trinajstić information content (AvgIpc) is 3.00. The fourth-order valence-corrected chi connectivity index (χ4v) is 7.49. The van der Waals surface area contributed by atoms with Gasteiger partial charge in [-0.25, -0.2) is 0 Å². The Morgan fingerprint density at radius 2 is 1.50 bits per heavy atom. The van der Waals surface area contributed by atoms with E-state index in [0.29, 0.717) is 12.8 Å². The number of aliphatic hydroxyl groups excluding tert-OH is 1. The summed E-state index contributed by atoms with van der Waals surface area (Å²) in [6, 6.07) is 27.2. The van der Waals surface area contributed by atoms with Gasteiger partial charge in [-0.1, -0.05) is 104 Å². The summed E-state index contributed by atoms with van der Waals surface area (Å²) in [6.45, 7) is 0. The molecule has 0 radical (unpaired) electrons. The van der Waals surface area contributed by atoms with Gasteiger partial charge in [0, 0.05) is 19.4 Å². The molecule has 4 rings (SSSR count). The first kappa shape index (κ1) is 30.2. The number of aliphatic hydroxyl groups is 1. The van der Waals surface area contributed by atoms with Crippen molar-refractivity contribution < 1.29 is 24.1 Å². The van der Waals surface area contributed by atoms with Crippen LogP contribution in [0.25, 0.3) is 11.1 Å². The normalized spacial score (nSPS) is 17.9. The topological polar surface area (TPSA) is 95.9 Å². The van der Waals surface area contributed by atoms with Crippen LogP contribution in [0, 0.1) is 11.8 Å². The highest BCUT2D eigenvalue weighted by atomic mass is 31.2. The lowest BCUT2D eigenvalue weighted by molar-refractivity contribution is -0.137. The number of methoxy groups -OCH3 is 1. The minimum absolute atomic E-state index is 0.109. The summed E-state index contributed by atoms with van der Waals surface area (Å²) < 4.78 is 18.7. The Kier molecular flexibility index (Phi) is 11.1. The van der Waals surface area contributed by atoms with Crippen LogP contribution in [0.5, 0.6) is 0 Å². The minimum atomic E-state index is -3.62. The van der Waals surface area contributed by atoms with Crippen molar-refractivity contribution in [1.82, 2.24) is 5.32 Å². The van der Waals surface area contributed by atoms with Gasteiger partial charge in [-0.3, -0.25) is 9.36 Å². The first-order valence-corrected chi connectivity index (χ1v) is 16.4. The molecule has 40 heavy (non-hydrogen) atoms. The first-order valence-electron chi connectivity index (χ1n) is 14.3. The smallest absolute Gasteiger partial charge is 0.224 e. The van der Waals surface area contributed by atoms with Crippen LogP contribution in [-0.4, -0.2) is 47.7 Å². The third kappa shape index (κ3) is 8.87. The first-order chi connectivity index (χ1) is 19.3. The van der Waals surface area contributed by atoms with Gasteiger partial charge in [-0.05, 0) is 53.9 Å². The molecule has 0 bridgehead atoms. The summed E-state index contributed by atoms with van der Waals surface area (Å²) in [6.07, 6.45) is 4.74. The number of benzene rings is 3. The van der Waals surface area contributed by atoms with E-state index >= 15 is 0 Å². The van der Waals surface area contributed by atoms with E-state index in [1.165, 1.54) is 7.11 Å². The van der Waals surface area contributed by atoms with Crippen molar-refractivity contribution in [3.8, 4) is 11.1 Å². The maximum Gasteiger partial charge on any atom is 0.224 e. The van der Waals surface area contributed by atoms with Gasteiger partial charge in [0.2, 0.25) is 13.3 Å². The van der Waals surface area contributed by atoms with Gasteiger partial charge in [-0.15, -0.1) is 0 Å². The van der Waals surface area contributed by atoms with Crippen LogP contribution in [0.3, 0.4) is 0 Å². The van der Waals surface area contributed by atoms with Crippen LogP contribution in [0.1, 0.15) is 43.2 Å². The number of hydrogen-bond acceptors (Lipinski definition) is 4. The maximum absolute atomic E-state index is 13.8. The molecule has 3 aromatic carbocycles. The number of nitrogens with one attached hydrogen (secondary N) is 1. The quantitative estimate of drug-likeness (QED) is 0.174. The lowest BCUT2D eigenvalue weighted by atomic mass is 9.83. The Bertz CT molecular complexity index is 1230. The zero-order valence-electron chi connectivity index (χ0n) is 23.3. The molecule has 4 atom stereocenters. The highest BCUT2D eigenvalue weighted by Crippen LogP contribution is 2.44. The van der Waals surface area contributed by atoms with E-state index in [1.54, 1.807) is 0 Å². The second-order valence-corrected chi connectivity index (χ2v) is 13.5. The molecule has 0 saturated heterocycles. The number of hydrogen-bond donors (Lipinski definition) is 3. The number of carbonyl (C=O) groups is 1. The molecule has 0 heterocycles. The third-order valence-corrected chi connectivity index (χ3v) is 9.96. The van der Waals surface area contributed by atoms with Crippen molar-refractivity contribution in [3.05, 3.63) is 96.1 Å². The van der Waals surface area contributed by atoms with Crippen molar-refractivity contribution >= 4 is 13.3 Å². The van der Waals surface area contributed by atoms with E-state index in [0.717, 1.165) is 54.4 Å². The second kappa shape index (κ2) is 14.7. The minimum Gasteiger partial charge on any atom is -0.366 e. The summed E-state index contributed by atoms with van der Waals surface area (Å²) in [5, 5.41) is 13.7. The molecule has 1 aliphatic carbocycles. The van der Waals surface area contributed by atoms with Crippen LogP contribution in [0.15, 0.2) is 84.9 Å². The molecule has 1 saturated carbocycles. The van der Waals surface area contributed by atoms with E-state index in [-0.39, 0.29) is 24.1 Å². The molecule has 1 amide bonds. The third-order valence-electron chi connectivity index (χ3n) is 8.03. The molecule has 0 aliphatic heterocycles. The van der Waals surface area contributed by atoms with Crippen LogP contribution in [0.2, 0.25) is 0 Å². The van der Waals surface area contributed by atoms with Gasteiger partial charge in [0.1, 0.15) is 0 Å². The molecule has 4 unspecified atom stereocenters. The number of carbonyl (C=O) groups excluding carboxylic acids is 1. The largest absolute Gasteiger partial charge is 0.366 e. The van der Waals surface area contributed by atoms with E-state index < -0.39 is 25.6 Å². The van der Waals surface area contributed by atoms with Crippen LogP contribution in [-0.2, 0) is 26.9 Å². The summed E-state index contributed by atoms with van der Waals surface area (Å²) in [5.41, 5.74) is 4.09. The Morgan fingerprint density at radius 3 is 2.12 bits per heavy atom. The highest BCUT2D eigenvalue weighted by Gasteiger charge is 2.35. The molecule has 7 heteroatoms. The summed E-state index contributed by atoms with van der Waals surface area (Å²) >= 11 is 0. The highest BCUT2D eigenvalue weighted by molar-refractivity contribution is 7.58. The van der Waals surface area contributed by atoms with Crippen LogP contribution < -0.4 is 5.32 Å². The average molecular weight is 564 g/mol. The van der Waals surface area contributed by atoms with Gasteiger partial charge < -0.3 is 20.1 Å². The molecule has 1 fully saturated rings. The van der Waals surface area contributed by atoms with Gasteiger partial charge in [0.15, 0.2) is 6.29 Å². The lowest BCUT2D eigenvalue weighted by Gasteiger charge is -2.34. The summed E-state index contributed by atoms with van der Waals surface area (Å²) in [7, 11) is -2.19. The van der Waals surface area contributed by atoms with Gasteiger partial charge in [0.25, 0.3) is 0 Å². The van der Waals surface area contributed by atoms with Gasteiger partial charge in [0.05, 0.1) is 12.0 Å². The van der Waals surface area contributed by atoms with Crippen LogP contribution >= 0.6 is 7.37 Å². The van der Waals surface area contributed by atoms with Gasteiger partial charge >= 0.3 is 0 Å². The Morgan fingerprint density at radius 1 is 0.900 bits per heavy atom. The molecule has 1 aliphatic rings. The summed E-state index contributed by atoms with van der Waals surface area (Å²) in [5.74, 6) is -0.922. The Labute approximate surface area is 238 Å². The monoisotopic (exact) mass is 563 g/mol. The molecule has 0 spiro atoms. The van der Waals surface area contributed by atoms with Crippen molar-refractivity contribution in [3.63, 3.8) is 0 Å². The number of ether oxygens (including phenoxy) is 1. The Hall–Kier alpha value is -2.76. The second-order valence-electron chi connectivity index (χ2n) is 11.0. The zero-order chi connectivity index (χ0) is 28.4. The van der Waals surface area contributed by atoms with Crippen molar-refractivity contribution in [2.45, 2.75) is 57.3 Å². The molecule has 6 nitrogen and oxygen atoms in total. The maximum atomic E-state index is 13.8. The van der Waals surface area contributed by atoms with Gasteiger partial charge in [-0.2, -0.15) is 0 Å². The molecule has 214 valence electrons. The fraction of sp³-hybridized carbons (Fsp3) is 0.424. The zero-order valence-corrected chi connectivity index (χ0v) is 24.2. The predicted molar refractivity (Wildman–Crippen MR) is 160 cm³/mol. The van der Waals surface area contributed by atoms with Crippen molar-refractivity contribution in [2.75, 3.05) is 19.4 Å². The number of rotatable bonds is 13. The van der Waals surface area contributed by atoms with E-state index in [9.17, 15) is 19.4 Å². The molecular formula is C33H42NO5P. The van der Waals surface area contributed by atoms with E-state index in [1.807, 2.05) is 84.9 Å². The Balaban J connectivity index is 1.52. The SMILES string of the molecule is COC(O)C(NC(=O)C(Cc1ccc(-c2ccccc2)cc1)CP(=O)(O)CCc1ccccc1)C1CCCCC1. The van der Waals surface area contributed by atoms with E-state index in [2.05, 4.69) is 5.32 Å².